The van der Waals surface area contributed by atoms with Crippen molar-refractivity contribution in [3.8, 4) is 0 Å². The van der Waals surface area contributed by atoms with Crippen molar-refractivity contribution in [2.75, 3.05) is 6.54 Å². The number of nitrogens with zero attached hydrogens (tertiary/aromatic N) is 1. The van der Waals surface area contributed by atoms with Crippen LogP contribution in [-0.4, -0.2) is 26.1 Å². The van der Waals surface area contributed by atoms with Crippen LogP contribution in [0.1, 0.15) is 0 Å². The Bertz CT molecular complexity index is 369. The van der Waals surface area contributed by atoms with E-state index in [0.29, 0.717) is 0 Å². The van der Waals surface area contributed by atoms with Gasteiger partial charge in [-0.2, -0.15) is 0 Å². The average Bonchev–Trinajstić information content (AvgIpc) is 2.16. The lowest BCUT2D eigenvalue weighted by molar-refractivity contribution is 0.275. The minimum Gasteiger partial charge on any atom is -0.344 e. The van der Waals surface area contributed by atoms with E-state index in [1.807, 2.05) is 0 Å². The van der Waals surface area contributed by atoms with Gasteiger partial charge in [0.1, 0.15) is 0 Å². The molecule has 3 N–H and O–H groups in total. The fourth-order valence-corrected chi connectivity index (χ4v) is 1.15. The van der Waals surface area contributed by atoms with Crippen molar-refractivity contribution in [3.05, 3.63) is 48.4 Å². The maximum Gasteiger partial charge on any atom is 0.466 e. The summed E-state index contributed by atoms with van der Waals surface area (Å²) in [4.78, 5) is 23.8. The molecule has 0 spiro atoms. The molecule has 2 aliphatic rings. The normalized spacial score (nSPS) is 17.8. The van der Waals surface area contributed by atoms with Gasteiger partial charge in [-0.15, -0.1) is 0 Å². The first-order valence-electron chi connectivity index (χ1n) is 4.23. The maximum absolute atomic E-state index is 8.88. The second-order valence-electron chi connectivity index (χ2n) is 2.89. The molecule has 0 aromatic rings. The zero-order valence-electron chi connectivity index (χ0n) is 7.89. The smallest absolute Gasteiger partial charge is 0.344 e. The van der Waals surface area contributed by atoms with E-state index in [-0.39, 0.29) is 0 Å². The highest BCUT2D eigenvalue weighted by Gasteiger charge is 2.05. The number of allylic oxidation sites excluding steroid dienone is 5. The van der Waals surface area contributed by atoms with Crippen LogP contribution < -0.4 is 0 Å². The van der Waals surface area contributed by atoms with Crippen LogP contribution in [0.25, 0.3) is 0 Å². The Labute approximate surface area is 87.6 Å². The first-order valence-corrected chi connectivity index (χ1v) is 5.80. The van der Waals surface area contributed by atoms with E-state index in [9.17, 15) is 0 Å². The van der Waals surface area contributed by atoms with Crippen molar-refractivity contribution in [1.29, 1.82) is 0 Å². The van der Waals surface area contributed by atoms with Crippen molar-refractivity contribution in [3.63, 3.8) is 0 Å². The molecule has 6 heteroatoms. The third kappa shape index (κ3) is 5.34. The molecule has 0 aromatic heterocycles. The van der Waals surface area contributed by atoms with Crippen LogP contribution >= 0.6 is 7.82 Å². The minimum atomic E-state index is -4.64. The summed E-state index contributed by atoms with van der Waals surface area (Å²) in [7, 11) is -4.64. The summed E-state index contributed by atoms with van der Waals surface area (Å²) in [6, 6.07) is 0. The molecule has 0 amide bonds. The highest BCUT2D eigenvalue weighted by Crippen LogP contribution is 2.25. The van der Waals surface area contributed by atoms with E-state index in [1.54, 1.807) is 0 Å². The topological polar surface area (TPSA) is 81.0 Å². The predicted molar refractivity (Wildman–Crippen MR) is 56.5 cm³/mol. The lowest BCUT2D eigenvalue weighted by atomic mass is 10.2. The first kappa shape index (κ1) is 11.9. The monoisotopic (exact) mass is 229 g/mol. The molecule has 0 bridgehead atoms. The third-order valence-corrected chi connectivity index (χ3v) is 1.68. The zero-order valence-corrected chi connectivity index (χ0v) is 8.79. The second kappa shape index (κ2) is 5.09. The average molecular weight is 229 g/mol. The van der Waals surface area contributed by atoms with Crippen LogP contribution in [0.4, 0.5) is 0 Å². The van der Waals surface area contributed by atoms with Gasteiger partial charge in [0.05, 0.1) is 0 Å². The van der Waals surface area contributed by atoms with Crippen LogP contribution in [0, 0.1) is 0 Å². The van der Waals surface area contributed by atoms with E-state index in [2.05, 4.69) is 47.6 Å². The van der Waals surface area contributed by atoms with E-state index in [1.165, 1.54) is 5.70 Å². The van der Waals surface area contributed by atoms with Gasteiger partial charge in [-0.05, 0) is 18.2 Å². The van der Waals surface area contributed by atoms with Crippen molar-refractivity contribution < 1.29 is 19.2 Å². The van der Waals surface area contributed by atoms with E-state index >= 15 is 0 Å². The summed E-state index contributed by atoms with van der Waals surface area (Å²) in [5, 5.41) is 0. The van der Waals surface area contributed by atoms with E-state index in [4.69, 9.17) is 19.2 Å². The first-order chi connectivity index (χ1) is 6.97. The molecule has 0 saturated carbocycles. The second-order valence-corrected chi connectivity index (χ2v) is 3.91. The summed E-state index contributed by atoms with van der Waals surface area (Å²) in [6.07, 6.45) is 14.7. The van der Waals surface area contributed by atoms with Crippen LogP contribution in [0.5, 0.6) is 0 Å². The summed E-state index contributed by atoms with van der Waals surface area (Å²) < 4.78 is 8.88. The molecule has 2 rings (SSSR count). The zero-order chi connectivity index (χ0) is 11.3. The Balaban J connectivity index is 0.000000195. The Morgan fingerprint density at radius 2 is 1.87 bits per heavy atom. The summed E-state index contributed by atoms with van der Waals surface area (Å²) >= 11 is 0. The Morgan fingerprint density at radius 3 is 2.47 bits per heavy atom. The molecule has 0 aliphatic carbocycles. The van der Waals surface area contributed by atoms with Gasteiger partial charge in [0.2, 0.25) is 0 Å². The minimum absolute atomic E-state index is 1.01. The molecule has 0 aromatic carbocycles. The Hall–Kier alpha value is -1.13. The van der Waals surface area contributed by atoms with Crippen LogP contribution in [-0.2, 0) is 4.57 Å². The fourth-order valence-electron chi connectivity index (χ4n) is 1.15. The van der Waals surface area contributed by atoms with Gasteiger partial charge in [0, 0.05) is 18.4 Å². The fraction of sp³-hybridized carbons (Fsp3) is 0.111. The number of phosphoric acid groups is 1. The predicted octanol–water partition coefficient (Wildman–Crippen LogP) is 0.897. The quantitative estimate of drug-likeness (QED) is 0.537. The van der Waals surface area contributed by atoms with Gasteiger partial charge in [-0.25, -0.2) is 4.57 Å². The van der Waals surface area contributed by atoms with Crippen LogP contribution in [0.3, 0.4) is 0 Å². The molecule has 0 unspecified atom stereocenters. The summed E-state index contributed by atoms with van der Waals surface area (Å²) in [5.41, 5.74) is 1.28. The summed E-state index contributed by atoms with van der Waals surface area (Å²) in [5.74, 6) is 0. The molecule has 2 heterocycles. The highest BCUT2D eigenvalue weighted by molar-refractivity contribution is 7.45. The summed E-state index contributed by atoms with van der Waals surface area (Å²) in [6.45, 7) is 1.01. The van der Waals surface area contributed by atoms with Crippen molar-refractivity contribution >= 4 is 7.82 Å². The molecule has 0 fully saturated rings. The lowest BCUT2D eigenvalue weighted by Gasteiger charge is -2.23. The van der Waals surface area contributed by atoms with Crippen molar-refractivity contribution in [1.82, 2.24) is 4.90 Å². The molecular weight excluding hydrogens is 217 g/mol. The van der Waals surface area contributed by atoms with Gasteiger partial charge >= 0.3 is 7.82 Å². The Kier molecular flexibility index (Phi) is 4.05. The molecule has 15 heavy (non-hydrogen) atoms. The van der Waals surface area contributed by atoms with Crippen LogP contribution in [0.15, 0.2) is 48.4 Å². The van der Waals surface area contributed by atoms with Crippen molar-refractivity contribution in [2.45, 2.75) is 0 Å². The maximum atomic E-state index is 8.88. The number of rotatable bonds is 0. The number of hydrogen-bond acceptors (Lipinski definition) is 2. The molecule has 82 valence electrons. The molecule has 0 saturated heterocycles. The largest absolute Gasteiger partial charge is 0.466 e. The molecule has 0 atom stereocenters. The van der Waals surface area contributed by atoms with Crippen molar-refractivity contribution in [2.24, 2.45) is 0 Å². The highest BCUT2D eigenvalue weighted by atomic mass is 31.2. The SMILES string of the molecule is C1=CCN2C=CC=CC2=C1.O=P(O)(O)O. The standard InChI is InChI=1S/C9H9N.H3O4P/c1-3-7-10-8-4-2-6-9(10)5-1;1-5(2,3)4/h1-7H,8H2;(H3,1,2,3,4). The van der Waals surface area contributed by atoms with E-state index in [0.717, 1.165) is 6.54 Å². The number of fused-ring (bicyclic) bond motifs is 1. The number of hydrogen-bond donors (Lipinski definition) is 3. The third-order valence-electron chi connectivity index (χ3n) is 1.68. The molecule has 0 radical (unpaired) electrons. The molecule has 2 aliphatic heterocycles. The van der Waals surface area contributed by atoms with Gasteiger partial charge in [-0.3, -0.25) is 0 Å². The molecular formula is C9H12NO4P. The lowest BCUT2D eigenvalue weighted by Crippen LogP contribution is -2.18. The van der Waals surface area contributed by atoms with E-state index < -0.39 is 7.82 Å². The van der Waals surface area contributed by atoms with Gasteiger partial charge in [0.25, 0.3) is 0 Å². The molecule has 5 nitrogen and oxygen atoms in total. The van der Waals surface area contributed by atoms with Crippen LogP contribution in [0.2, 0.25) is 0 Å². The Morgan fingerprint density at radius 1 is 1.20 bits per heavy atom. The van der Waals surface area contributed by atoms with Gasteiger partial charge < -0.3 is 19.6 Å². The van der Waals surface area contributed by atoms with Gasteiger partial charge in [-0.1, -0.05) is 18.2 Å². The van der Waals surface area contributed by atoms with Gasteiger partial charge in [0.15, 0.2) is 0 Å².